The van der Waals surface area contributed by atoms with Gasteiger partial charge >= 0.3 is 0 Å². The van der Waals surface area contributed by atoms with E-state index >= 15 is 0 Å². The second-order valence-corrected chi connectivity index (χ2v) is 15.3. The maximum atomic E-state index is 12.5. The first kappa shape index (κ1) is 52.2. The largest absolute Gasteiger partial charge is 0.394 e. The number of hydrogen-bond donors (Lipinski definition) is 14. The Balaban J connectivity index is 1.43. The summed E-state index contributed by atoms with van der Waals surface area (Å²) < 4.78 is 33.3. The van der Waals surface area contributed by atoms with Crippen molar-refractivity contribution in [3.8, 4) is 0 Å². The van der Waals surface area contributed by atoms with E-state index in [2.05, 4.69) is 16.2 Å². The number of aliphatic hydroxyl groups is 10. The van der Waals surface area contributed by atoms with Crippen molar-refractivity contribution in [3.63, 3.8) is 0 Å². The number of aliphatic hydroxyl groups excluding tert-OH is 10. The van der Waals surface area contributed by atoms with E-state index < -0.39 is 118 Å². The summed E-state index contributed by atoms with van der Waals surface area (Å²) in [6.45, 7) is -0.334. The van der Waals surface area contributed by atoms with Crippen LogP contribution in [0.15, 0.2) is 0 Å². The molecule has 3 saturated heterocycles. The quantitative estimate of drug-likeness (QED) is 0.0270. The number of nitrogens with two attached hydrogens (primary N) is 1. The van der Waals surface area contributed by atoms with Crippen molar-refractivity contribution < 1.29 is 93.9 Å². The van der Waals surface area contributed by atoms with Gasteiger partial charge in [0.15, 0.2) is 18.9 Å². The first-order valence-electron chi connectivity index (χ1n) is 20.7. The highest BCUT2D eigenvalue weighted by Gasteiger charge is 2.52. The van der Waals surface area contributed by atoms with E-state index in [1.165, 1.54) is 6.92 Å². The van der Waals surface area contributed by atoms with Crippen molar-refractivity contribution in [2.45, 2.75) is 176 Å². The maximum Gasteiger partial charge on any atom is 0.234 e. The summed E-state index contributed by atoms with van der Waals surface area (Å²) in [5.41, 5.74) is 10.9. The Bertz CT molecular complexity index is 1260. The average molecular weight is 873 g/mol. The molecule has 0 aromatic rings. The molecule has 2 amide bonds. The van der Waals surface area contributed by atoms with E-state index in [-0.39, 0.29) is 37.2 Å². The van der Waals surface area contributed by atoms with Crippen LogP contribution in [0.25, 0.3) is 0 Å². The van der Waals surface area contributed by atoms with E-state index in [1.807, 2.05) is 0 Å². The van der Waals surface area contributed by atoms with E-state index in [4.69, 9.17) is 34.2 Å². The molecule has 0 spiro atoms. The third-order valence-electron chi connectivity index (χ3n) is 10.6. The molecule has 3 aliphatic heterocycles. The van der Waals surface area contributed by atoms with Gasteiger partial charge in [0.2, 0.25) is 11.8 Å². The molecular weight excluding hydrogens is 804 g/mol. The Morgan fingerprint density at radius 3 is 1.73 bits per heavy atom. The monoisotopic (exact) mass is 872 g/mol. The van der Waals surface area contributed by atoms with Gasteiger partial charge in [-0.3, -0.25) is 19.8 Å². The van der Waals surface area contributed by atoms with E-state index in [0.717, 1.165) is 38.5 Å². The van der Waals surface area contributed by atoms with Gasteiger partial charge in [-0.25, -0.2) is 5.43 Å². The van der Waals surface area contributed by atoms with Gasteiger partial charge < -0.3 is 90.5 Å². The molecule has 0 radical (unpaired) electrons. The van der Waals surface area contributed by atoms with Gasteiger partial charge in [-0.2, -0.15) is 0 Å². The van der Waals surface area contributed by atoms with Crippen LogP contribution >= 0.6 is 0 Å². The molecule has 23 heteroatoms. The summed E-state index contributed by atoms with van der Waals surface area (Å²) >= 11 is 0. The zero-order chi connectivity index (χ0) is 44.4. The van der Waals surface area contributed by atoms with Crippen LogP contribution in [0.3, 0.4) is 0 Å². The lowest BCUT2D eigenvalue weighted by Crippen LogP contribution is -2.65. The minimum absolute atomic E-state index is 0.0178. The second-order valence-electron chi connectivity index (χ2n) is 15.3. The minimum Gasteiger partial charge on any atom is -0.394 e. The minimum atomic E-state index is -1.89. The molecule has 0 unspecified atom stereocenters. The summed E-state index contributed by atoms with van der Waals surface area (Å²) in [6, 6.07) is -0.445. The zero-order valence-corrected chi connectivity index (χ0v) is 34.0. The van der Waals surface area contributed by atoms with Gasteiger partial charge in [0.1, 0.15) is 79.0 Å². The number of unbranched alkanes of at least 4 members (excludes halogenated alkanes) is 6. The fraction of sp³-hybridized carbons (Fsp3) is 0.919. The second kappa shape index (κ2) is 27.2. The molecule has 3 fully saturated rings. The smallest absolute Gasteiger partial charge is 0.234 e. The van der Waals surface area contributed by atoms with E-state index in [9.17, 15) is 65.4 Å². The standard InChI is InChI=1S/C37H68N4O19/c1-19(44)20(10-8-9-13-38)40-41-25(46)12-7-5-3-2-4-6-11-24(45)39-14-15-55-36-33(54)34(60-37-32(53)30(51)27(48)22(17-43)58-37)28(49)23(59-36)18-56-35-31(52)29(50)26(47)21(16-42)57-35/h20-23,26-37,40,42-43,47-54H,2-18,38H2,1H3,(H,39,45)(H,41,46)/t20-,21+,22+,23+,26+,27+,28+,29-,30-,31-,32-,33-,34-,35-,36-,37+/m0/s1. The van der Waals surface area contributed by atoms with Crippen LogP contribution in [-0.2, 0) is 42.8 Å². The number of amides is 2. The molecule has 3 aliphatic rings. The number of Topliss-reactive ketones (excluding diaryl/α,β-unsaturated/α-hetero) is 1. The van der Waals surface area contributed by atoms with Crippen LogP contribution in [0.4, 0.5) is 0 Å². The average Bonchev–Trinajstić information content (AvgIpc) is 3.22. The van der Waals surface area contributed by atoms with Crippen LogP contribution in [-0.4, -0.2) is 206 Å². The number of carbonyl (C=O) groups excluding carboxylic acids is 3. The molecule has 23 nitrogen and oxygen atoms in total. The number of rotatable bonds is 27. The van der Waals surface area contributed by atoms with Crippen LogP contribution in [0.1, 0.15) is 77.6 Å². The number of hydrazine groups is 1. The summed E-state index contributed by atoms with van der Waals surface area (Å²) in [7, 11) is 0. The third-order valence-corrected chi connectivity index (χ3v) is 10.6. The molecular formula is C37H68N4O19. The predicted octanol–water partition coefficient (Wildman–Crippen LogP) is -5.60. The molecule has 3 rings (SSSR count). The van der Waals surface area contributed by atoms with E-state index in [1.54, 1.807) is 0 Å². The molecule has 60 heavy (non-hydrogen) atoms. The lowest BCUT2D eigenvalue weighted by atomic mass is 9.96. The highest BCUT2D eigenvalue weighted by Crippen LogP contribution is 2.31. The highest BCUT2D eigenvalue weighted by molar-refractivity contribution is 5.82. The van der Waals surface area contributed by atoms with Crippen molar-refractivity contribution in [2.24, 2.45) is 5.73 Å². The summed E-state index contributed by atoms with van der Waals surface area (Å²) in [4.78, 5) is 36.4. The fourth-order valence-corrected chi connectivity index (χ4v) is 6.90. The molecule has 16 atom stereocenters. The lowest BCUT2D eigenvalue weighted by Gasteiger charge is -2.46. The Morgan fingerprint density at radius 1 is 0.617 bits per heavy atom. The molecule has 0 aromatic heterocycles. The first-order valence-corrected chi connectivity index (χ1v) is 20.7. The number of nitrogens with one attached hydrogen (secondary N) is 3. The van der Waals surface area contributed by atoms with Gasteiger partial charge in [-0.15, -0.1) is 0 Å². The Morgan fingerprint density at radius 2 is 1.15 bits per heavy atom. The summed E-state index contributed by atoms with van der Waals surface area (Å²) in [5, 5.41) is 106. The van der Waals surface area contributed by atoms with Crippen molar-refractivity contribution in [3.05, 3.63) is 0 Å². The third kappa shape index (κ3) is 15.9. The normalized spacial score (nSPS) is 35.2. The van der Waals surface area contributed by atoms with Crippen molar-refractivity contribution in [1.82, 2.24) is 16.2 Å². The maximum absolute atomic E-state index is 12.5. The molecule has 0 aliphatic carbocycles. The molecule has 0 saturated carbocycles. The topological polar surface area (TPSA) is 371 Å². The van der Waals surface area contributed by atoms with Crippen LogP contribution in [0.5, 0.6) is 0 Å². The fourth-order valence-electron chi connectivity index (χ4n) is 6.90. The van der Waals surface area contributed by atoms with Gasteiger partial charge in [0.05, 0.1) is 32.5 Å². The number of hydrogen-bond acceptors (Lipinski definition) is 21. The molecule has 350 valence electrons. The molecule has 15 N–H and O–H groups in total. The van der Waals surface area contributed by atoms with Crippen molar-refractivity contribution in [2.75, 3.05) is 39.5 Å². The summed E-state index contributed by atoms with van der Waals surface area (Å²) in [6.07, 6.45) is -17.7. The Labute approximate surface area is 348 Å². The molecule has 0 bridgehead atoms. The predicted molar refractivity (Wildman–Crippen MR) is 204 cm³/mol. The first-order chi connectivity index (χ1) is 28.6. The van der Waals surface area contributed by atoms with Gasteiger partial charge in [-0.05, 0) is 39.2 Å². The van der Waals surface area contributed by atoms with Crippen LogP contribution < -0.4 is 21.9 Å². The van der Waals surface area contributed by atoms with Crippen LogP contribution in [0, 0.1) is 0 Å². The Kier molecular flexibility index (Phi) is 23.6. The SMILES string of the molecule is CC(=O)[C@H](CCCCN)NNC(=O)CCCCCCCCC(=O)NCCO[C@H]1O[C@H](CO[C@H]2O[C@H](CO)[C@@H](O)[C@H](O)[C@@H]2O)[C@@H](O)[C@H](O[C@H]2O[C@H](CO)[C@@H](O)[C@H](O)[C@@H]2O)[C@@H]1O. The molecule has 3 heterocycles. The summed E-state index contributed by atoms with van der Waals surface area (Å²) in [5.74, 6) is -0.505. The number of carbonyl (C=O) groups is 3. The zero-order valence-electron chi connectivity index (χ0n) is 34.0. The van der Waals surface area contributed by atoms with Gasteiger partial charge in [0, 0.05) is 19.4 Å². The van der Waals surface area contributed by atoms with E-state index in [0.29, 0.717) is 32.2 Å². The lowest BCUT2D eigenvalue weighted by molar-refractivity contribution is -0.366. The van der Waals surface area contributed by atoms with Gasteiger partial charge in [-0.1, -0.05) is 32.1 Å². The number of ketones is 1. The van der Waals surface area contributed by atoms with Gasteiger partial charge in [0.25, 0.3) is 0 Å². The van der Waals surface area contributed by atoms with Crippen molar-refractivity contribution >= 4 is 17.6 Å². The van der Waals surface area contributed by atoms with Crippen molar-refractivity contribution in [1.29, 1.82) is 0 Å². The number of ether oxygens (including phenoxy) is 6. The van der Waals surface area contributed by atoms with Crippen LogP contribution in [0.2, 0.25) is 0 Å². The Hall–Kier alpha value is -2.11. The highest BCUT2D eigenvalue weighted by atomic mass is 16.7. The molecule has 0 aromatic carbocycles.